The van der Waals surface area contributed by atoms with E-state index in [9.17, 15) is 4.79 Å². The van der Waals surface area contributed by atoms with Crippen LogP contribution in [0.5, 0.6) is 17.2 Å². The van der Waals surface area contributed by atoms with Gasteiger partial charge in [0.25, 0.3) is 5.24 Å². The van der Waals surface area contributed by atoms with Crippen LogP contribution in [0.3, 0.4) is 0 Å². The van der Waals surface area contributed by atoms with Crippen LogP contribution >= 0.6 is 11.6 Å². The molecule has 2 rings (SSSR count). The molecule has 0 aromatic heterocycles. The SMILES string of the molecule is COc1cc(C(=O)Cl)cc2c1OCCO2. The van der Waals surface area contributed by atoms with Gasteiger partial charge in [0, 0.05) is 5.56 Å². The van der Waals surface area contributed by atoms with E-state index in [1.54, 1.807) is 6.07 Å². The third-order valence-corrected chi connectivity index (χ3v) is 2.27. The molecule has 0 N–H and O–H groups in total. The molecule has 0 unspecified atom stereocenters. The Kier molecular flexibility index (Phi) is 2.68. The van der Waals surface area contributed by atoms with Gasteiger partial charge >= 0.3 is 0 Å². The highest BCUT2D eigenvalue weighted by atomic mass is 35.5. The highest BCUT2D eigenvalue weighted by molar-refractivity contribution is 6.67. The number of benzene rings is 1. The predicted molar refractivity (Wildman–Crippen MR) is 54.2 cm³/mol. The lowest BCUT2D eigenvalue weighted by Gasteiger charge is -2.20. The zero-order valence-corrected chi connectivity index (χ0v) is 8.84. The van der Waals surface area contributed by atoms with Gasteiger partial charge in [0.05, 0.1) is 7.11 Å². The van der Waals surface area contributed by atoms with Gasteiger partial charge in [-0.1, -0.05) is 0 Å². The Morgan fingerprint density at radius 1 is 1.40 bits per heavy atom. The van der Waals surface area contributed by atoms with Crippen molar-refractivity contribution in [3.8, 4) is 17.2 Å². The molecule has 1 heterocycles. The molecule has 0 spiro atoms. The maximum Gasteiger partial charge on any atom is 0.252 e. The number of hydrogen-bond acceptors (Lipinski definition) is 4. The van der Waals surface area contributed by atoms with Gasteiger partial charge in [-0.05, 0) is 23.7 Å². The normalized spacial score (nSPS) is 13.5. The van der Waals surface area contributed by atoms with E-state index in [0.29, 0.717) is 36.0 Å². The molecule has 0 bridgehead atoms. The van der Waals surface area contributed by atoms with Crippen molar-refractivity contribution in [2.24, 2.45) is 0 Å². The zero-order valence-electron chi connectivity index (χ0n) is 8.08. The van der Waals surface area contributed by atoms with E-state index >= 15 is 0 Å². The Hall–Kier alpha value is -1.42. The van der Waals surface area contributed by atoms with Crippen LogP contribution in [-0.4, -0.2) is 25.6 Å². The third kappa shape index (κ3) is 1.85. The molecule has 1 aromatic carbocycles. The van der Waals surface area contributed by atoms with Crippen molar-refractivity contribution in [3.05, 3.63) is 17.7 Å². The van der Waals surface area contributed by atoms with Crippen molar-refractivity contribution in [2.45, 2.75) is 0 Å². The molecule has 0 aliphatic carbocycles. The lowest BCUT2D eigenvalue weighted by Crippen LogP contribution is -2.16. The zero-order chi connectivity index (χ0) is 10.8. The van der Waals surface area contributed by atoms with Crippen molar-refractivity contribution in [1.82, 2.24) is 0 Å². The minimum atomic E-state index is -0.551. The standard InChI is InChI=1S/C10H9ClO4/c1-13-7-4-6(10(11)12)5-8-9(7)15-3-2-14-8/h4-5H,2-3H2,1H3. The highest BCUT2D eigenvalue weighted by Crippen LogP contribution is 2.40. The first-order valence-corrected chi connectivity index (χ1v) is 4.77. The van der Waals surface area contributed by atoms with Crippen LogP contribution in [0.15, 0.2) is 12.1 Å². The van der Waals surface area contributed by atoms with E-state index in [-0.39, 0.29) is 0 Å². The van der Waals surface area contributed by atoms with Crippen LogP contribution in [0.1, 0.15) is 10.4 Å². The van der Waals surface area contributed by atoms with Gasteiger partial charge < -0.3 is 14.2 Å². The number of methoxy groups -OCH3 is 1. The van der Waals surface area contributed by atoms with Gasteiger partial charge in [0.15, 0.2) is 11.5 Å². The van der Waals surface area contributed by atoms with E-state index in [0.717, 1.165) is 0 Å². The first-order valence-electron chi connectivity index (χ1n) is 4.40. The summed E-state index contributed by atoms with van der Waals surface area (Å²) in [5.41, 5.74) is 0.331. The van der Waals surface area contributed by atoms with Crippen LogP contribution in [0.4, 0.5) is 0 Å². The molecule has 0 fully saturated rings. The number of hydrogen-bond donors (Lipinski definition) is 0. The van der Waals surface area contributed by atoms with Crippen molar-refractivity contribution < 1.29 is 19.0 Å². The molecule has 15 heavy (non-hydrogen) atoms. The summed E-state index contributed by atoms with van der Waals surface area (Å²) >= 11 is 5.38. The minimum Gasteiger partial charge on any atom is -0.493 e. The Morgan fingerprint density at radius 3 is 2.80 bits per heavy atom. The maximum atomic E-state index is 11.0. The summed E-state index contributed by atoms with van der Waals surface area (Å²) in [6.07, 6.45) is 0. The highest BCUT2D eigenvalue weighted by Gasteiger charge is 2.19. The summed E-state index contributed by atoms with van der Waals surface area (Å²) in [4.78, 5) is 11.0. The molecule has 1 aliphatic heterocycles. The fourth-order valence-electron chi connectivity index (χ4n) is 1.39. The molecule has 5 heteroatoms. The van der Waals surface area contributed by atoms with Crippen molar-refractivity contribution in [3.63, 3.8) is 0 Å². The first-order chi connectivity index (χ1) is 7.22. The third-order valence-electron chi connectivity index (χ3n) is 2.05. The lowest BCUT2D eigenvalue weighted by atomic mass is 10.2. The number of rotatable bonds is 2. The lowest BCUT2D eigenvalue weighted by molar-refractivity contribution is 0.107. The summed E-state index contributed by atoms with van der Waals surface area (Å²) in [6, 6.07) is 3.08. The van der Waals surface area contributed by atoms with Gasteiger partial charge in [0.1, 0.15) is 13.2 Å². The summed E-state index contributed by atoms with van der Waals surface area (Å²) in [7, 11) is 1.50. The maximum absolute atomic E-state index is 11.0. The fourth-order valence-corrected chi connectivity index (χ4v) is 1.50. The largest absolute Gasteiger partial charge is 0.493 e. The number of carbonyl (C=O) groups excluding carboxylic acids is 1. The second kappa shape index (κ2) is 3.98. The van der Waals surface area contributed by atoms with E-state index in [2.05, 4.69) is 0 Å². The van der Waals surface area contributed by atoms with Gasteiger partial charge in [-0.2, -0.15) is 0 Å². The number of ether oxygens (including phenoxy) is 3. The number of carbonyl (C=O) groups is 1. The van der Waals surface area contributed by atoms with Gasteiger partial charge in [-0.25, -0.2) is 0 Å². The summed E-state index contributed by atoms with van der Waals surface area (Å²) in [5.74, 6) is 1.46. The summed E-state index contributed by atoms with van der Waals surface area (Å²) < 4.78 is 15.8. The number of fused-ring (bicyclic) bond motifs is 1. The average Bonchev–Trinajstić information content (AvgIpc) is 2.27. The fraction of sp³-hybridized carbons (Fsp3) is 0.300. The quantitative estimate of drug-likeness (QED) is 0.725. The molecule has 0 radical (unpaired) electrons. The van der Waals surface area contributed by atoms with Crippen LogP contribution in [0.25, 0.3) is 0 Å². The molecular weight excluding hydrogens is 220 g/mol. The molecule has 0 saturated heterocycles. The summed E-state index contributed by atoms with van der Waals surface area (Å²) in [6.45, 7) is 0.924. The van der Waals surface area contributed by atoms with Crippen molar-refractivity contribution >= 4 is 16.8 Å². The van der Waals surface area contributed by atoms with Crippen LogP contribution in [-0.2, 0) is 0 Å². The minimum absolute atomic E-state index is 0.331. The monoisotopic (exact) mass is 228 g/mol. The predicted octanol–water partition coefficient (Wildman–Crippen LogP) is 1.85. The molecule has 4 nitrogen and oxygen atoms in total. The number of halogens is 1. The van der Waals surface area contributed by atoms with Crippen LogP contribution in [0.2, 0.25) is 0 Å². The Labute approximate surface area is 91.7 Å². The van der Waals surface area contributed by atoms with Crippen LogP contribution in [0, 0.1) is 0 Å². The Bertz CT molecular complexity index is 385. The second-order valence-electron chi connectivity index (χ2n) is 2.98. The molecular formula is C10H9ClO4. The molecule has 80 valence electrons. The molecule has 0 atom stereocenters. The van der Waals surface area contributed by atoms with E-state index in [1.165, 1.54) is 13.2 Å². The van der Waals surface area contributed by atoms with Gasteiger partial charge in [0.2, 0.25) is 5.75 Å². The first kappa shape index (κ1) is 10.1. The van der Waals surface area contributed by atoms with Gasteiger partial charge in [-0.3, -0.25) is 4.79 Å². The van der Waals surface area contributed by atoms with Crippen molar-refractivity contribution in [1.29, 1.82) is 0 Å². The van der Waals surface area contributed by atoms with E-state index in [4.69, 9.17) is 25.8 Å². The summed E-state index contributed by atoms with van der Waals surface area (Å²) in [5, 5.41) is -0.551. The Morgan fingerprint density at radius 2 is 2.13 bits per heavy atom. The average molecular weight is 229 g/mol. The van der Waals surface area contributed by atoms with Crippen molar-refractivity contribution in [2.75, 3.05) is 20.3 Å². The molecule has 1 aromatic rings. The Balaban J connectivity index is 2.52. The van der Waals surface area contributed by atoms with Gasteiger partial charge in [-0.15, -0.1) is 0 Å². The second-order valence-corrected chi connectivity index (χ2v) is 3.32. The molecule has 0 saturated carbocycles. The van der Waals surface area contributed by atoms with E-state index < -0.39 is 5.24 Å². The molecule has 1 aliphatic rings. The van der Waals surface area contributed by atoms with E-state index in [1.807, 2.05) is 0 Å². The molecule has 0 amide bonds. The van der Waals surface area contributed by atoms with Crippen LogP contribution < -0.4 is 14.2 Å². The smallest absolute Gasteiger partial charge is 0.252 e. The topological polar surface area (TPSA) is 44.8 Å².